The average Bonchev–Trinajstić information content (AvgIpc) is 1.54. The minimum atomic E-state index is -3.63. The van der Waals surface area contributed by atoms with Gasteiger partial charge in [-0.25, -0.2) is 0 Å². The van der Waals surface area contributed by atoms with E-state index in [1.54, 1.807) is 0 Å². The first-order valence-electron chi connectivity index (χ1n) is 1.84. The van der Waals surface area contributed by atoms with E-state index in [1.807, 2.05) is 0 Å². The standard InChI is InChI=1S/2Al.2Ca.2Mg.3O3Si.8H/c;;;;;;3*1-4(2)3;;;;;;;;/q2*+3;;;;;3*-2;;;;;;;;. The maximum Gasteiger partial charge on any atom is 0.316 e. The first-order chi connectivity index (χ1) is 5.20. The molecule has 0 atom stereocenters. The second kappa shape index (κ2) is 49.7. The molecule has 0 radical (unpaired) electrons. The fourth-order valence-electron chi connectivity index (χ4n) is 0. The van der Waals surface area contributed by atoms with Crippen LogP contribution in [0.1, 0.15) is 0 Å². The first kappa shape index (κ1) is 57.4. The van der Waals surface area contributed by atoms with Crippen molar-refractivity contribution < 1.29 is 42.2 Å². The van der Waals surface area contributed by atoms with Gasteiger partial charge in [0.2, 0.25) is 0 Å². The van der Waals surface area contributed by atoms with E-state index >= 15 is 0 Å². The van der Waals surface area contributed by atoms with Crippen molar-refractivity contribution in [1.29, 1.82) is 0 Å². The van der Waals surface area contributed by atoms with E-state index in [9.17, 15) is 0 Å². The largest absolute Gasteiger partial charge is 0.316 e. The zero-order chi connectivity index (χ0) is 10.7. The molecule has 0 heterocycles. The van der Waals surface area contributed by atoms with Gasteiger partial charge in [0.15, 0.2) is 0 Å². The van der Waals surface area contributed by atoms with Crippen LogP contribution in [0.25, 0.3) is 0 Å². The second-order valence-corrected chi connectivity index (χ2v) is 2.25. The molecule has 0 aromatic heterocycles. The Morgan fingerprint density at radius 3 is 0.500 bits per heavy atom. The van der Waals surface area contributed by atoms with Crippen LogP contribution < -0.4 is 28.8 Å². The molecule has 0 saturated heterocycles. The third kappa shape index (κ3) is 456. The van der Waals surface area contributed by atoms with Gasteiger partial charge in [-0.2, -0.15) is 0 Å². The van der Waals surface area contributed by atoms with E-state index in [0.29, 0.717) is 0 Å². The van der Waals surface area contributed by atoms with Gasteiger partial charge in [0.25, 0.3) is 0 Å². The maximum absolute atomic E-state index is 8.52. The summed E-state index contributed by atoms with van der Waals surface area (Å²) in [7, 11) is -10.9. The fraction of sp³-hybridized carbons (Fsp3) is 0. The molecular formula is H8Al2Ca2Mg2O9Si3. The summed E-state index contributed by atoms with van der Waals surface area (Å²) in [4.78, 5) is 51.1. The Morgan fingerprint density at radius 1 is 0.500 bits per heavy atom. The molecule has 0 spiro atoms. The second-order valence-electron chi connectivity index (χ2n) is 0.750. The van der Waals surface area contributed by atoms with Crippen LogP contribution in [0.3, 0.4) is 0 Å². The average molecular weight is 419 g/mol. The molecule has 0 amide bonds. The molecule has 9 nitrogen and oxygen atoms in total. The molecule has 0 N–H and O–H groups in total. The zero-order valence-corrected chi connectivity index (χ0v) is 11.6. The van der Waals surface area contributed by atoms with Crippen molar-refractivity contribution in [3.05, 3.63) is 0 Å². The van der Waals surface area contributed by atoms with Crippen LogP contribution in [-0.4, -0.2) is 184 Å². The number of rotatable bonds is 0. The molecule has 88 valence electrons. The molecule has 0 unspecified atom stereocenters. The molecular weight excluding hydrogens is 411 g/mol. The monoisotopic (exact) mass is 418 g/mol. The van der Waals surface area contributed by atoms with Crippen LogP contribution in [0.5, 0.6) is 0 Å². The first-order valence-corrected chi connectivity index (χ1v) is 5.51. The van der Waals surface area contributed by atoms with E-state index < -0.39 is 27.5 Å². The van der Waals surface area contributed by atoms with Crippen LogP contribution in [-0.2, 0) is 13.4 Å². The van der Waals surface area contributed by atoms with Gasteiger partial charge in [0.05, 0.1) is 0 Å². The minimum Gasteiger partial charge on any atom is 0.316 e. The zero-order valence-electron chi connectivity index (χ0n) is 6.33. The van der Waals surface area contributed by atoms with Crippen LogP contribution in [0.2, 0.25) is 0 Å². The van der Waals surface area contributed by atoms with Gasteiger partial charge in [-0.15, -0.1) is 0 Å². The molecule has 0 saturated carbocycles. The van der Waals surface area contributed by atoms with Crippen molar-refractivity contribution in [3.63, 3.8) is 0 Å². The van der Waals surface area contributed by atoms with Gasteiger partial charge in [0.1, 0.15) is 0 Å². The molecule has 18 heteroatoms. The van der Waals surface area contributed by atoms with Crippen molar-refractivity contribution in [2.75, 3.05) is 0 Å². The van der Waals surface area contributed by atoms with Crippen molar-refractivity contribution >= 4 is 184 Å². The fourth-order valence-corrected chi connectivity index (χ4v) is 0. The predicted octanol–water partition coefficient (Wildman–Crippen LogP) is -13.1. The quantitative estimate of drug-likeness (QED) is 0.343. The molecule has 0 aliphatic carbocycles. The van der Waals surface area contributed by atoms with E-state index in [-0.39, 0.29) is 156 Å². The number of hydrogen-bond acceptors (Lipinski definition) is 9. The molecule has 0 rings (SSSR count). The van der Waals surface area contributed by atoms with Crippen LogP contribution >= 0.6 is 0 Å². The summed E-state index contributed by atoms with van der Waals surface area (Å²) in [6.07, 6.45) is 0. The van der Waals surface area contributed by atoms with Gasteiger partial charge in [-0.3, -0.25) is 0 Å². The summed E-state index contributed by atoms with van der Waals surface area (Å²) in [6, 6.07) is 0. The van der Waals surface area contributed by atoms with Gasteiger partial charge >= 0.3 is 156 Å². The van der Waals surface area contributed by atoms with Gasteiger partial charge < -0.3 is 42.2 Å². The molecule has 0 aliphatic heterocycles. The van der Waals surface area contributed by atoms with Gasteiger partial charge in [-0.05, 0) is 0 Å². The molecule has 0 fully saturated rings. The molecule has 0 aromatic carbocycles. The minimum absolute atomic E-state index is 0. The Balaban J connectivity index is -0.00000000827. The number of hydrogen-bond donors (Lipinski definition) is 0. The Hall–Kier alpha value is 3.97. The van der Waals surface area contributed by atoms with E-state index in [2.05, 4.69) is 0 Å². The molecule has 18 heavy (non-hydrogen) atoms. The van der Waals surface area contributed by atoms with Gasteiger partial charge in [-0.1, -0.05) is 0 Å². The van der Waals surface area contributed by atoms with Crippen molar-refractivity contribution in [2.45, 2.75) is 0 Å². The van der Waals surface area contributed by atoms with Crippen molar-refractivity contribution in [1.82, 2.24) is 0 Å². The Morgan fingerprint density at radius 2 is 0.500 bits per heavy atom. The van der Waals surface area contributed by atoms with Crippen molar-refractivity contribution in [3.8, 4) is 0 Å². The third-order valence-electron chi connectivity index (χ3n) is 0. The third-order valence-corrected chi connectivity index (χ3v) is 0. The maximum atomic E-state index is 8.52. The predicted molar refractivity (Wildman–Crippen MR) is 65.0 cm³/mol. The van der Waals surface area contributed by atoms with E-state index in [1.165, 1.54) is 0 Å². The Labute approximate surface area is 221 Å². The molecule has 0 aromatic rings. The normalized spacial score (nSPS) is 4.00. The summed E-state index contributed by atoms with van der Waals surface area (Å²) < 4.78 is 25.6. The SMILES string of the molecule is O=[Si]([O-])[O-].O=[Si]([O-])[O-].O=[Si]([O-])[O-].[Al+3].[Al+3].[CaH2].[CaH2].[MgH2].[MgH2]. The van der Waals surface area contributed by atoms with Crippen LogP contribution in [0, 0.1) is 0 Å². The van der Waals surface area contributed by atoms with E-state index in [4.69, 9.17) is 42.2 Å². The Kier molecular flexibility index (Phi) is 159. The summed E-state index contributed by atoms with van der Waals surface area (Å²) in [5.74, 6) is 0. The summed E-state index contributed by atoms with van der Waals surface area (Å²) >= 11 is 0. The summed E-state index contributed by atoms with van der Waals surface area (Å²) in [6.45, 7) is 0. The molecule has 0 aliphatic rings. The van der Waals surface area contributed by atoms with E-state index in [0.717, 1.165) is 0 Å². The Bertz CT molecular complexity index is 133. The smallest absolute Gasteiger partial charge is 0.316 e. The van der Waals surface area contributed by atoms with Crippen molar-refractivity contribution in [2.24, 2.45) is 0 Å². The topological polar surface area (TPSA) is 190 Å². The van der Waals surface area contributed by atoms with Crippen LogP contribution in [0.15, 0.2) is 0 Å². The molecule has 0 bridgehead atoms. The summed E-state index contributed by atoms with van der Waals surface area (Å²) in [5.41, 5.74) is 0. The van der Waals surface area contributed by atoms with Gasteiger partial charge in [0, 0.05) is 27.5 Å². The summed E-state index contributed by atoms with van der Waals surface area (Å²) in [5, 5.41) is 0. The van der Waals surface area contributed by atoms with Crippen LogP contribution in [0.4, 0.5) is 0 Å².